The van der Waals surface area contributed by atoms with Crippen LogP contribution in [0.4, 0.5) is 0 Å². The Labute approximate surface area is 182 Å². The second kappa shape index (κ2) is 8.70. The summed E-state index contributed by atoms with van der Waals surface area (Å²) in [5.41, 5.74) is 6.59. The lowest BCUT2D eigenvalue weighted by molar-refractivity contribution is 0.0938. The summed E-state index contributed by atoms with van der Waals surface area (Å²) < 4.78 is 1.82. The van der Waals surface area contributed by atoms with E-state index in [0.29, 0.717) is 18.0 Å². The number of aromatic nitrogens is 3. The summed E-state index contributed by atoms with van der Waals surface area (Å²) in [5, 5.41) is 2.94. The van der Waals surface area contributed by atoms with E-state index in [-0.39, 0.29) is 5.91 Å². The first-order valence-electron chi connectivity index (χ1n) is 10.4. The molecule has 4 aromatic rings. The molecule has 0 spiro atoms. The van der Waals surface area contributed by atoms with Gasteiger partial charge in [-0.25, -0.2) is 9.97 Å². The van der Waals surface area contributed by atoms with Crippen molar-refractivity contribution >= 4 is 17.1 Å². The molecular formula is C25H27N5O. The second-order valence-corrected chi connectivity index (χ2v) is 7.96. The number of benzene rings is 2. The largest absolute Gasteiger partial charge is 0.348 e. The Morgan fingerprint density at radius 1 is 1.00 bits per heavy atom. The Balaban J connectivity index is 1.85. The summed E-state index contributed by atoms with van der Waals surface area (Å²) in [4.78, 5) is 24.3. The number of carbonyl (C=O) groups excluding carboxylic acids is 1. The minimum absolute atomic E-state index is 0.193. The number of hydrogen-bond acceptors (Lipinski definition) is 4. The normalized spacial score (nSPS) is 11.3. The number of amides is 1. The molecule has 158 valence electrons. The Morgan fingerprint density at radius 3 is 2.42 bits per heavy atom. The van der Waals surface area contributed by atoms with Gasteiger partial charge >= 0.3 is 0 Å². The minimum Gasteiger partial charge on any atom is -0.348 e. The van der Waals surface area contributed by atoms with Crippen LogP contribution in [0.1, 0.15) is 16.2 Å². The maximum atomic E-state index is 12.7. The molecule has 1 amide bonds. The Hall–Kier alpha value is -3.51. The molecule has 2 aromatic heterocycles. The van der Waals surface area contributed by atoms with Crippen molar-refractivity contribution in [3.8, 4) is 22.4 Å². The number of rotatable bonds is 6. The monoisotopic (exact) mass is 413 g/mol. The van der Waals surface area contributed by atoms with Gasteiger partial charge in [-0.3, -0.25) is 4.79 Å². The van der Waals surface area contributed by atoms with Crippen molar-refractivity contribution in [2.24, 2.45) is 7.05 Å². The first kappa shape index (κ1) is 20.8. The van der Waals surface area contributed by atoms with Crippen molar-refractivity contribution in [3.63, 3.8) is 0 Å². The van der Waals surface area contributed by atoms with Crippen molar-refractivity contribution in [1.29, 1.82) is 0 Å². The fraction of sp³-hybridized carbons (Fsp3) is 0.240. The van der Waals surface area contributed by atoms with Crippen LogP contribution in [0.25, 0.3) is 33.5 Å². The fourth-order valence-electron chi connectivity index (χ4n) is 3.68. The number of imidazole rings is 1. The van der Waals surface area contributed by atoms with Crippen molar-refractivity contribution in [2.75, 3.05) is 27.2 Å². The van der Waals surface area contributed by atoms with Gasteiger partial charge in [-0.15, -0.1) is 0 Å². The van der Waals surface area contributed by atoms with Crippen LogP contribution >= 0.6 is 0 Å². The molecule has 0 radical (unpaired) electrons. The molecule has 0 aliphatic rings. The molecule has 0 aliphatic heterocycles. The number of nitrogens with zero attached hydrogens (tertiary/aromatic N) is 4. The van der Waals surface area contributed by atoms with Gasteiger partial charge in [-0.05, 0) is 38.2 Å². The zero-order valence-corrected chi connectivity index (χ0v) is 18.4. The lowest BCUT2D eigenvalue weighted by Crippen LogP contribution is -2.32. The topological polar surface area (TPSA) is 63.1 Å². The number of aryl methyl sites for hydroxylation is 2. The average molecular weight is 414 g/mol. The van der Waals surface area contributed by atoms with Crippen LogP contribution in [0, 0.1) is 6.92 Å². The third-order valence-corrected chi connectivity index (χ3v) is 5.40. The highest BCUT2D eigenvalue weighted by molar-refractivity contribution is 5.96. The van der Waals surface area contributed by atoms with E-state index < -0.39 is 0 Å². The summed E-state index contributed by atoms with van der Waals surface area (Å²) in [6.45, 7) is 3.43. The van der Waals surface area contributed by atoms with Crippen LogP contribution in [-0.4, -0.2) is 52.5 Å². The molecule has 4 rings (SSSR count). The third kappa shape index (κ3) is 4.20. The van der Waals surface area contributed by atoms with Crippen molar-refractivity contribution < 1.29 is 4.79 Å². The van der Waals surface area contributed by atoms with Crippen LogP contribution in [0.2, 0.25) is 0 Å². The number of carbonyl (C=O) groups is 1. The standard InChI is InChI=1S/C25H27N5O/c1-17-10-8-9-13-19(17)20-16-21-23(27-22(20)18-11-6-5-7-12-18)28-24(30(21)4)25(31)26-14-15-29(2)3/h5-13,16H,14-15H2,1-4H3,(H,26,31). The number of likely N-dealkylation sites (N-methyl/N-ethyl adjacent to an activating group) is 1. The van der Waals surface area contributed by atoms with Gasteiger partial charge in [-0.2, -0.15) is 0 Å². The molecule has 2 heterocycles. The van der Waals surface area contributed by atoms with E-state index in [2.05, 4.69) is 35.4 Å². The summed E-state index contributed by atoms with van der Waals surface area (Å²) >= 11 is 0. The highest BCUT2D eigenvalue weighted by Gasteiger charge is 2.20. The van der Waals surface area contributed by atoms with E-state index in [1.807, 2.05) is 73.1 Å². The summed E-state index contributed by atoms with van der Waals surface area (Å²) in [6, 6.07) is 20.5. The quantitative estimate of drug-likeness (QED) is 0.521. The van der Waals surface area contributed by atoms with E-state index in [1.165, 1.54) is 5.56 Å². The molecule has 31 heavy (non-hydrogen) atoms. The van der Waals surface area contributed by atoms with Gasteiger partial charge in [-0.1, -0.05) is 54.6 Å². The average Bonchev–Trinajstić information content (AvgIpc) is 3.09. The SMILES string of the molecule is Cc1ccccc1-c1cc2c(nc1-c1ccccc1)nc(C(=O)NCCN(C)C)n2C. The summed E-state index contributed by atoms with van der Waals surface area (Å²) in [5.74, 6) is 0.170. The third-order valence-electron chi connectivity index (χ3n) is 5.40. The van der Waals surface area contributed by atoms with Gasteiger partial charge in [0.05, 0.1) is 11.2 Å². The number of nitrogens with one attached hydrogen (secondary N) is 1. The summed E-state index contributed by atoms with van der Waals surface area (Å²) in [6.07, 6.45) is 0. The molecule has 0 bridgehead atoms. The van der Waals surface area contributed by atoms with Crippen molar-refractivity contribution in [3.05, 3.63) is 72.1 Å². The van der Waals surface area contributed by atoms with E-state index in [0.717, 1.165) is 34.4 Å². The lowest BCUT2D eigenvalue weighted by atomic mass is 9.96. The molecule has 0 aliphatic carbocycles. The van der Waals surface area contributed by atoms with E-state index >= 15 is 0 Å². The molecular weight excluding hydrogens is 386 g/mol. The minimum atomic E-state index is -0.193. The molecule has 0 saturated heterocycles. The van der Waals surface area contributed by atoms with E-state index in [9.17, 15) is 4.79 Å². The predicted molar refractivity (Wildman–Crippen MR) is 125 cm³/mol. The second-order valence-electron chi connectivity index (χ2n) is 7.96. The van der Waals surface area contributed by atoms with Crippen LogP contribution < -0.4 is 5.32 Å². The molecule has 6 nitrogen and oxygen atoms in total. The highest BCUT2D eigenvalue weighted by Crippen LogP contribution is 2.34. The molecule has 1 N–H and O–H groups in total. The van der Waals surface area contributed by atoms with Crippen LogP contribution in [0.5, 0.6) is 0 Å². The molecule has 2 aromatic carbocycles. The molecule has 0 atom stereocenters. The molecule has 0 unspecified atom stereocenters. The van der Waals surface area contributed by atoms with Gasteiger partial charge in [0, 0.05) is 31.3 Å². The number of pyridine rings is 1. The van der Waals surface area contributed by atoms with Crippen molar-refractivity contribution in [1.82, 2.24) is 24.8 Å². The van der Waals surface area contributed by atoms with Crippen LogP contribution in [0.15, 0.2) is 60.7 Å². The van der Waals surface area contributed by atoms with Gasteiger partial charge in [0.25, 0.3) is 5.91 Å². The molecule has 6 heteroatoms. The van der Waals surface area contributed by atoms with Gasteiger partial charge in [0.15, 0.2) is 5.65 Å². The fourth-order valence-corrected chi connectivity index (χ4v) is 3.68. The number of hydrogen-bond donors (Lipinski definition) is 1. The first-order chi connectivity index (χ1) is 15.0. The smallest absolute Gasteiger partial charge is 0.287 e. The van der Waals surface area contributed by atoms with E-state index in [1.54, 1.807) is 0 Å². The zero-order valence-electron chi connectivity index (χ0n) is 18.4. The van der Waals surface area contributed by atoms with Gasteiger partial charge in [0.1, 0.15) is 0 Å². The molecule has 0 saturated carbocycles. The zero-order chi connectivity index (χ0) is 22.0. The molecule has 0 fully saturated rings. The Bertz CT molecular complexity index is 1230. The Kier molecular flexibility index (Phi) is 5.82. The van der Waals surface area contributed by atoms with Crippen LogP contribution in [0.3, 0.4) is 0 Å². The predicted octanol–water partition coefficient (Wildman–Crippen LogP) is 3.90. The number of fused-ring (bicyclic) bond motifs is 1. The van der Waals surface area contributed by atoms with Gasteiger partial charge < -0.3 is 14.8 Å². The van der Waals surface area contributed by atoms with Crippen LogP contribution in [-0.2, 0) is 7.05 Å². The lowest BCUT2D eigenvalue weighted by Gasteiger charge is -2.12. The highest BCUT2D eigenvalue weighted by atomic mass is 16.2. The maximum Gasteiger partial charge on any atom is 0.287 e. The van der Waals surface area contributed by atoms with Gasteiger partial charge in [0.2, 0.25) is 5.82 Å². The first-order valence-corrected chi connectivity index (χ1v) is 10.4. The van der Waals surface area contributed by atoms with E-state index in [4.69, 9.17) is 4.98 Å². The maximum absolute atomic E-state index is 12.7. The summed E-state index contributed by atoms with van der Waals surface area (Å²) in [7, 11) is 5.81. The Morgan fingerprint density at radius 2 is 1.71 bits per heavy atom. The van der Waals surface area contributed by atoms with Crippen molar-refractivity contribution in [2.45, 2.75) is 6.92 Å².